The summed E-state index contributed by atoms with van der Waals surface area (Å²) in [6.07, 6.45) is 1.16. The number of para-hydroxylation sites is 1. The molecule has 2 heterocycles. The van der Waals surface area contributed by atoms with E-state index in [1.165, 1.54) is 0 Å². The lowest BCUT2D eigenvalue weighted by molar-refractivity contribution is 0.117. The van der Waals surface area contributed by atoms with Crippen LogP contribution >= 0.6 is 0 Å². The number of hydrogen-bond donors (Lipinski definition) is 1. The van der Waals surface area contributed by atoms with Gasteiger partial charge in [0.15, 0.2) is 5.82 Å². The van der Waals surface area contributed by atoms with Crippen molar-refractivity contribution in [1.29, 1.82) is 0 Å². The molecule has 0 radical (unpaired) electrons. The zero-order valence-corrected chi connectivity index (χ0v) is 11.0. The first kappa shape index (κ1) is 12.3. The molecule has 0 bridgehead atoms. The van der Waals surface area contributed by atoms with Crippen LogP contribution in [0.2, 0.25) is 0 Å². The highest BCUT2D eigenvalue weighted by molar-refractivity contribution is 5.35. The van der Waals surface area contributed by atoms with Gasteiger partial charge in [-0.25, -0.2) is 0 Å². The minimum Gasteiger partial charge on any atom is -0.378 e. The minimum absolute atomic E-state index is 0.178. The molecule has 1 fully saturated rings. The Morgan fingerprint density at radius 2 is 2.11 bits per heavy atom. The lowest BCUT2D eigenvalue weighted by atomic mass is 10.0. The van der Waals surface area contributed by atoms with Gasteiger partial charge >= 0.3 is 0 Å². The standard InChI is InChI=1S/C14H18N4O/c1-10-12(7-8-19-10)14-17-16-13(9-15)18(14)11-5-3-2-4-6-11/h2-6,10,12H,7-9,15H2,1H3. The molecule has 1 aromatic heterocycles. The van der Waals surface area contributed by atoms with Crippen LogP contribution in [0.5, 0.6) is 0 Å². The van der Waals surface area contributed by atoms with Gasteiger partial charge in [0.25, 0.3) is 0 Å². The summed E-state index contributed by atoms with van der Waals surface area (Å²) in [6.45, 7) is 3.25. The average molecular weight is 258 g/mol. The van der Waals surface area contributed by atoms with E-state index in [-0.39, 0.29) is 12.0 Å². The second-order valence-corrected chi connectivity index (χ2v) is 4.82. The van der Waals surface area contributed by atoms with E-state index in [0.717, 1.165) is 30.4 Å². The molecule has 2 atom stereocenters. The zero-order valence-electron chi connectivity index (χ0n) is 11.0. The second-order valence-electron chi connectivity index (χ2n) is 4.82. The molecule has 19 heavy (non-hydrogen) atoms. The van der Waals surface area contributed by atoms with E-state index in [0.29, 0.717) is 6.54 Å². The Bertz CT molecular complexity index is 552. The fraction of sp³-hybridized carbons (Fsp3) is 0.429. The lowest BCUT2D eigenvalue weighted by Crippen LogP contribution is -2.16. The van der Waals surface area contributed by atoms with Gasteiger partial charge < -0.3 is 10.5 Å². The number of benzene rings is 1. The predicted octanol–water partition coefficient (Wildman–Crippen LogP) is 1.62. The third-order valence-electron chi connectivity index (χ3n) is 3.66. The largest absolute Gasteiger partial charge is 0.378 e. The Hall–Kier alpha value is -1.72. The molecule has 0 spiro atoms. The molecule has 1 saturated heterocycles. The van der Waals surface area contributed by atoms with E-state index in [1.54, 1.807) is 0 Å². The van der Waals surface area contributed by atoms with Crippen LogP contribution in [0, 0.1) is 0 Å². The van der Waals surface area contributed by atoms with Crippen molar-refractivity contribution < 1.29 is 4.74 Å². The Balaban J connectivity index is 2.08. The first-order valence-corrected chi connectivity index (χ1v) is 6.62. The minimum atomic E-state index is 0.178. The van der Waals surface area contributed by atoms with Crippen LogP contribution in [0.3, 0.4) is 0 Å². The summed E-state index contributed by atoms with van der Waals surface area (Å²) in [6, 6.07) is 10.1. The first-order valence-electron chi connectivity index (χ1n) is 6.62. The van der Waals surface area contributed by atoms with E-state index in [9.17, 15) is 0 Å². The fourth-order valence-corrected chi connectivity index (χ4v) is 2.63. The summed E-state index contributed by atoms with van der Waals surface area (Å²) < 4.78 is 7.71. The monoisotopic (exact) mass is 258 g/mol. The van der Waals surface area contributed by atoms with Crippen LogP contribution in [-0.2, 0) is 11.3 Å². The Kier molecular flexibility index (Phi) is 3.31. The van der Waals surface area contributed by atoms with Gasteiger partial charge in [0.1, 0.15) is 5.82 Å². The average Bonchev–Trinajstić information content (AvgIpc) is 3.05. The molecule has 5 heteroatoms. The molecule has 2 aromatic rings. The highest BCUT2D eigenvalue weighted by Crippen LogP contribution is 2.31. The number of nitrogens with two attached hydrogens (primary N) is 1. The van der Waals surface area contributed by atoms with Gasteiger partial charge in [0, 0.05) is 18.2 Å². The maximum absolute atomic E-state index is 5.78. The smallest absolute Gasteiger partial charge is 0.151 e. The molecular weight excluding hydrogens is 240 g/mol. The van der Waals surface area contributed by atoms with E-state index in [4.69, 9.17) is 10.5 Å². The number of hydrogen-bond acceptors (Lipinski definition) is 4. The van der Waals surface area contributed by atoms with Crippen LogP contribution in [0.1, 0.15) is 30.9 Å². The van der Waals surface area contributed by atoms with Gasteiger partial charge in [-0.15, -0.1) is 10.2 Å². The summed E-state index contributed by atoms with van der Waals surface area (Å²) in [4.78, 5) is 0. The van der Waals surface area contributed by atoms with E-state index in [2.05, 4.69) is 21.7 Å². The molecule has 0 saturated carbocycles. The highest BCUT2D eigenvalue weighted by atomic mass is 16.5. The summed E-state index contributed by atoms with van der Waals surface area (Å²) in [5, 5.41) is 8.57. The van der Waals surface area contributed by atoms with Crippen molar-refractivity contribution >= 4 is 0 Å². The van der Waals surface area contributed by atoms with Crippen LogP contribution in [-0.4, -0.2) is 27.5 Å². The van der Waals surface area contributed by atoms with E-state index in [1.807, 2.05) is 30.3 Å². The normalized spacial score (nSPS) is 22.8. The van der Waals surface area contributed by atoms with Crippen LogP contribution in [0.4, 0.5) is 0 Å². The van der Waals surface area contributed by atoms with Gasteiger partial charge in [-0.3, -0.25) is 4.57 Å². The summed E-state index contributed by atoms with van der Waals surface area (Å²) in [7, 11) is 0. The Labute approximate surface area is 112 Å². The third-order valence-corrected chi connectivity index (χ3v) is 3.66. The molecule has 1 aliphatic rings. The molecule has 2 unspecified atom stereocenters. The van der Waals surface area contributed by atoms with Gasteiger partial charge in [0.2, 0.25) is 0 Å². The Morgan fingerprint density at radius 3 is 2.74 bits per heavy atom. The molecule has 1 aromatic carbocycles. The molecule has 1 aliphatic heterocycles. The molecule has 3 rings (SSSR count). The van der Waals surface area contributed by atoms with Crippen LogP contribution < -0.4 is 5.73 Å². The lowest BCUT2D eigenvalue weighted by Gasteiger charge is -2.16. The van der Waals surface area contributed by atoms with E-state index >= 15 is 0 Å². The molecular formula is C14H18N4O. The number of rotatable bonds is 3. The van der Waals surface area contributed by atoms with Crippen molar-refractivity contribution in [2.45, 2.75) is 31.9 Å². The van der Waals surface area contributed by atoms with Crippen LogP contribution in [0.25, 0.3) is 5.69 Å². The van der Waals surface area contributed by atoms with Crippen molar-refractivity contribution in [3.63, 3.8) is 0 Å². The van der Waals surface area contributed by atoms with Gasteiger partial charge in [-0.1, -0.05) is 18.2 Å². The summed E-state index contributed by atoms with van der Waals surface area (Å²) >= 11 is 0. The molecule has 0 amide bonds. The fourth-order valence-electron chi connectivity index (χ4n) is 2.63. The van der Waals surface area contributed by atoms with Crippen molar-refractivity contribution in [2.24, 2.45) is 5.73 Å². The van der Waals surface area contributed by atoms with Gasteiger partial charge in [-0.2, -0.15) is 0 Å². The number of ether oxygens (including phenoxy) is 1. The molecule has 100 valence electrons. The molecule has 0 aliphatic carbocycles. The Morgan fingerprint density at radius 1 is 1.32 bits per heavy atom. The van der Waals surface area contributed by atoms with Gasteiger partial charge in [-0.05, 0) is 25.5 Å². The number of nitrogens with zero attached hydrogens (tertiary/aromatic N) is 3. The quantitative estimate of drug-likeness (QED) is 0.908. The summed E-state index contributed by atoms with van der Waals surface area (Å²) in [5.74, 6) is 2.03. The first-order chi connectivity index (χ1) is 9.31. The molecule has 5 nitrogen and oxygen atoms in total. The van der Waals surface area contributed by atoms with Gasteiger partial charge in [0.05, 0.1) is 12.6 Å². The van der Waals surface area contributed by atoms with Crippen molar-refractivity contribution in [3.8, 4) is 5.69 Å². The topological polar surface area (TPSA) is 66.0 Å². The molecule has 2 N–H and O–H groups in total. The zero-order chi connectivity index (χ0) is 13.2. The van der Waals surface area contributed by atoms with E-state index < -0.39 is 0 Å². The predicted molar refractivity (Wildman–Crippen MR) is 72.0 cm³/mol. The van der Waals surface area contributed by atoms with Crippen molar-refractivity contribution in [3.05, 3.63) is 42.0 Å². The van der Waals surface area contributed by atoms with Crippen LogP contribution in [0.15, 0.2) is 30.3 Å². The third kappa shape index (κ3) is 2.15. The SMILES string of the molecule is CC1OCCC1c1nnc(CN)n1-c1ccccc1. The summed E-state index contributed by atoms with van der Waals surface area (Å²) in [5.41, 5.74) is 6.84. The number of aromatic nitrogens is 3. The van der Waals surface area contributed by atoms with Crippen molar-refractivity contribution in [2.75, 3.05) is 6.61 Å². The second kappa shape index (κ2) is 5.11. The maximum Gasteiger partial charge on any atom is 0.151 e. The highest BCUT2D eigenvalue weighted by Gasteiger charge is 2.31. The maximum atomic E-state index is 5.78. The van der Waals surface area contributed by atoms with Crippen molar-refractivity contribution in [1.82, 2.24) is 14.8 Å².